The molecule has 1 heterocycles. The van der Waals surface area contributed by atoms with Gasteiger partial charge in [0, 0.05) is 18.7 Å². The second-order valence-electron chi connectivity index (χ2n) is 4.07. The van der Waals surface area contributed by atoms with E-state index in [1.165, 1.54) is 0 Å². The summed E-state index contributed by atoms with van der Waals surface area (Å²) in [6.07, 6.45) is 0. The van der Waals surface area contributed by atoms with E-state index in [1.807, 2.05) is 43.4 Å². The molecule has 0 atom stereocenters. The van der Waals surface area contributed by atoms with Crippen LogP contribution in [0, 0.1) is 0 Å². The first-order valence-electron chi connectivity index (χ1n) is 6.20. The molecule has 0 aliphatic carbocycles. The van der Waals surface area contributed by atoms with Crippen molar-refractivity contribution in [3.05, 3.63) is 36.4 Å². The summed E-state index contributed by atoms with van der Waals surface area (Å²) in [5.41, 5.74) is 1.83. The summed E-state index contributed by atoms with van der Waals surface area (Å²) in [6.45, 7) is 1.71. The fourth-order valence-corrected chi connectivity index (χ4v) is 1.68. The summed E-state index contributed by atoms with van der Waals surface area (Å²) < 4.78 is 5.20. The van der Waals surface area contributed by atoms with E-state index in [0.29, 0.717) is 0 Å². The van der Waals surface area contributed by atoms with Crippen LogP contribution in [0.15, 0.2) is 36.4 Å². The highest BCUT2D eigenvalue weighted by atomic mass is 16.5. The van der Waals surface area contributed by atoms with E-state index in [9.17, 15) is 0 Å². The molecule has 0 bridgehead atoms. The third kappa shape index (κ3) is 3.66. The first-order valence-corrected chi connectivity index (χ1v) is 6.20. The zero-order valence-corrected chi connectivity index (χ0v) is 11.2. The molecule has 0 radical (unpaired) electrons. The highest BCUT2D eigenvalue weighted by Crippen LogP contribution is 2.21. The Kier molecular flexibility index (Phi) is 4.69. The topological polar surface area (TPSA) is 59.1 Å². The standard InChI is InChI=1S/C14H18N4O/c1-15-8-9-16-14-7-6-13(17-18-14)11-4-3-5-12(10-11)19-2/h3-7,10,15H,8-9H2,1-2H3,(H,16,18). The number of benzene rings is 1. The van der Waals surface area contributed by atoms with Crippen molar-refractivity contribution in [2.75, 3.05) is 32.6 Å². The van der Waals surface area contributed by atoms with Gasteiger partial charge in [0.25, 0.3) is 0 Å². The zero-order chi connectivity index (χ0) is 13.5. The van der Waals surface area contributed by atoms with Gasteiger partial charge in [-0.25, -0.2) is 0 Å². The molecule has 5 heteroatoms. The average molecular weight is 258 g/mol. The van der Waals surface area contributed by atoms with Crippen molar-refractivity contribution in [2.45, 2.75) is 0 Å². The molecule has 2 aromatic rings. The molecule has 0 saturated heterocycles. The lowest BCUT2D eigenvalue weighted by atomic mass is 10.1. The van der Waals surface area contributed by atoms with Crippen LogP contribution in [0.1, 0.15) is 0 Å². The van der Waals surface area contributed by atoms with E-state index < -0.39 is 0 Å². The fraction of sp³-hybridized carbons (Fsp3) is 0.286. The van der Waals surface area contributed by atoms with Crippen LogP contribution in [0.25, 0.3) is 11.3 Å². The van der Waals surface area contributed by atoms with Gasteiger partial charge in [-0.15, -0.1) is 10.2 Å². The molecule has 0 unspecified atom stereocenters. The molecule has 0 amide bonds. The Morgan fingerprint density at radius 2 is 2.00 bits per heavy atom. The number of anilines is 1. The smallest absolute Gasteiger partial charge is 0.148 e. The van der Waals surface area contributed by atoms with Gasteiger partial charge in [-0.05, 0) is 31.3 Å². The van der Waals surface area contributed by atoms with E-state index in [2.05, 4.69) is 20.8 Å². The van der Waals surface area contributed by atoms with Crippen molar-refractivity contribution >= 4 is 5.82 Å². The molecule has 0 saturated carbocycles. The van der Waals surface area contributed by atoms with E-state index in [0.717, 1.165) is 35.9 Å². The van der Waals surface area contributed by atoms with Crippen LogP contribution < -0.4 is 15.4 Å². The van der Waals surface area contributed by atoms with E-state index >= 15 is 0 Å². The Morgan fingerprint density at radius 3 is 2.68 bits per heavy atom. The maximum atomic E-state index is 5.20. The first-order chi connectivity index (χ1) is 9.33. The molecule has 1 aromatic heterocycles. The molecule has 0 fully saturated rings. The number of rotatable bonds is 6. The highest BCUT2D eigenvalue weighted by Gasteiger charge is 2.02. The van der Waals surface area contributed by atoms with Gasteiger partial charge in [0.15, 0.2) is 0 Å². The fourth-order valence-electron chi connectivity index (χ4n) is 1.68. The van der Waals surface area contributed by atoms with E-state index in [1.54, 1.807) is 7.11 Å². The second kappa shape index (κ2) is 6.70. The van der Waals surface area contributed by atoms with Crippen LogP contribution in [-0.4, -0.2) is 37.4 Å². The third-order valence-corrected chi connectivity index (χ3v) is 2.71. The van der Waals surface area contributed by atoms with Crippen LogP contribution in [0.2, 0.25) is 0 Å². The third-order valence-electron chi connectivity index (χ3n) is 2.71. The summed E-state index contributed by atoms with van der Waals surface area (Å²) >= 11 is 0. The van der Waals surface area contributed by atoms with Crippen molar-refractivity contribution in [3.8, 4) is 17.0 Å². The minimum atomic E-state index is 0.780. The average Bonchev–Trinajstić information content (AvgIpc) is 2.48. The first kappa shape index (κ1) is 13.3. The van der Waals surface area contributed by atoms with Gasteiger partial charge >= 0.3 is 0 Å². The number of aromatic nitrogens is 2. The van der Waals surface area contributed by atoms with Gasteiger partial charge in [-0.1, -0.05) is 12.1 Å². The summed E-state index contributed by atoms with van der Waals surface area (Å²) in [4.78, 5) is 0. The minimum Gasteiger partial charge on any atom is -0.497 e. The Balaban J connectivity index is 2.08. The molecular weight excluding hydrogens is 240 g/mol. The van der Waals surface area contributed by atoms with E-state index in [4.69, 9.17) is 4.74 Å². The Labute approximate surface area is 113 Å². The maximum absolute atomic E-state index is 5.20. The van der Waals surface area contributed by atoms with Crippen LogP contribution in [0.5, 0.6) is 5.75 Å². The van der Waals surface area contributed by atoms with Gasteiger partial charge in [0.05, 0.1) is 12.8 Å². The Hall–Kier alpha value is -2.14. The summed E-state index contributed by atoms with van der Waals surface area (Å²) in [5, 5.41) is 14.6. The quantitative estimate of drug-likeness (QED) is 0.773. The molecule has 0 spiro atoms. The van der Waals surface area contributed by atoms with Gasteiger partial charge < -0.3 is 15.4 Å². The van der Waals surface area contributed by atoms with Gasteiger partial charge in [0.2, 0.25) is 0 Å². The van der Waals surface area contributed by atoms with Crippen LogP contribution in [-0.2, 0) is 0 Å². The maximum Gasteiger partial charge on any atom is 0.148 e. The molecular formula is C14H18N4O. The lowest BCUT2D eigenvalue weighted by molar-refractivity contribution is 0.415. The lowest BCUT2D eigenvalue weighted by Gasteiger charge is -2.06. The number of hydrogen-bond acceptors (Lipinski definition) is 5. The normalized spacial score (nSPS) is 10.2. The molecule has 0 aliphatic heterocycles. The molecule has 19 heavy (non-hydrogen) atoms. The number of nitrogens with zero attached hydrogens (tertiary/aromatic N) is 2. The highest BCUT2D eigenvalue weighted by molar-refractivity contribution is 5.61. The number of likely N-dealkylation sites (N-methyl/N-ethyl adjacent to an activating group) is 1. The second-order valence-corrected chi connectivity index (χ2v) is 4.07. The van der Waals surface area contributed by atoms with Crippen molar-refractivity contribution in [2.24, 2.45) is 0 Å². The summed E-state index contributed by atoms with van der Waals surface area (Å²) in [7, 11) is 3.57. The SMILES string of the molecule is CNCCNc1ccc(-c2cccc(OC)c2)nn1. The monoisotopic (exact) mass is 258 g/mol. The minimum absolute atomic E-state index is 0.780. The van der Waals surface area contributed by atoms with Gasteiger partial charge in [-0.2, -0.15) is 0 Å². The van der Waals surface area contributed by atoms with Crippen LogP contribution >= 0.6 is 0 Å². The lowest BCUT2D eigenvalue weighted by Crippen LogP contribution is -2.18. The number of ether oxygens (including phenoxy) is 1. The molecule has 2 rings (SSSR count). The number of nitrogens with one attached hydrogen (secondary N) is 2. The zero-order valence-electron chi connectivity index (χ0n) is 11.2. The Bertz CT molecular complexity index is 513. The predicted molar refractivity (Wildman–Crippen MR) is 76.4 cm³/mol. The van der Waals surface area contributed by atoms with Crippen LogP contribution in [0.3, 0.4) is 0 Å². The largest absolute Gasteiger partial charge is 0.497 e. The molecule has 1 aromatic carbocycles. The van der Waals surface area contributed by atoms with Gasteiger partial charge in [-0.3, -0.25) is 0 Å². The van der Waals surface area contributed by atoms with Crippen molar-refractivity contribution < 1.29 is 4.74 Å². The van der Waals surface area contributed by atoms with Gasteiger partial charge in [0.1, 0.15) is 11.6 Å². The number of hydrogen-bond donors (Lipinski definition) is 2. The molecule has 2 N–H and O–H groups in total. The molecule has 100 valence electrons. The predicted octanol–water partition coefficient (Wildman–Crippen LogP) is 1.78. The summed E-state index contributed by atoms with van der Waals surface area (Å²) in [5.74, 6) is 1.59. The summed E-state index contributed by atoms with van der Waals surface area (Å²) in [6, 6.07) is 11.7. The van der Waals surface area contributed by atoms with Crippen molar-refractivity contribution in [1.29, 1.82) is 0 Å². The van der Waals surface area contributed by atoms with Crippen molar-refractivity contribution in [3.63, 3.8) is 0 Å². The Morgan fingerprint density at radius 1 is 1.11 bits per heavy atom. The van der Waals surface area contributed by atoms with Crippen LogP contribution in [0.4, 0.5) is 5.82 Å². The number of methoxy groups -OCH3 is 1. The molecule has 5 nitrogen and oxygen atoms in total. The molecule has 0 aliphatic rings. The van der Waals surface area contributed by atoms with E-state index in [-0.39, 0.29) is 0 Å². The van der Waals surface area contributed by atoms with Crippen molar-refractivity contribution in [1.82, 2.24) is 15.5 Å².